The Morgan fingerprint density at radius 3 is 2.30 bits per heavy atom. The third-order valence-corrected chi connectivity index (χ3v) is 3.09. The van der Waals surface area contributed by atoms with Crippen LogP contribution >= 0.6 is 0 Å². The number of esters is 1. The Bertz CT molecular complexity index is 440. The fourth-order valence-corrected chi connectivity index (χ4v) is 2.00. The lowest BCUT2D eigenvalue weighted by Crippen LogP contribution is -2.39. The molecule has 0 spiro atoms. The maximum Gasteiger partial charge on any atom is 0.307 e. The molecule has 0 heterocycles. The van der Waals surface area contributed by atoms with Crippen molar-refractivity contribution in [2.45, 2.75) is 39.7 Å². The zero-order chi connectivity index (χ0) is 15.0. The molecule has 4 heteroatoms. The summed E-state index contributed by atoms with van der Waals surface area (Å²) in [5, 5.41) is 3.05. The van der Waals surface area contributed by atoms with Crippen LogP contribution in [0.15, 0.2) is 24.3 Å². The number of ketones is 1. The van der Waals surface area contributed by atoms with Crippen LogP contribution in [0.2, 0.25) is 0 Å². The minimum absolute atomic E-state index is 0.0655. The van der Waals surface area contributed by atoms with E-state index in [-0.39, 0.29) is 18.2 Å². The lowest BCUT2D eigenvalue weighted by atomic mass is 10.00. The Hall–Kier alpha value is -1.68. The summed E-state index contributed by atoms with van der Waals surface area (Å²) < 4.78 is 4.91. The van der Waals surface area contributed by atoms with Crippen molar-refractivity contribution in [2.24, 2.45) is 0 Å². The number of carbonyl (C=O) groups excluding carboxylic acids is 2. The molecule has 0 saturated heterocycles. The van der Waals surface area contributed by atoms with Gasteiger partial charge in [-0.1, -0.05) is 38.1 Å². The molecule has 0 aliphatic carbocycles. The third kappa shape index (κ3) is 4.78. The number of carbonyl (C=O) groups is 2. The smallest absolute Gasteiger partial charge is 0.307 e. The van der Waals surface area contributed by atoms with Crippen LogP contribution in [0.25, 0.3) is 0 Å². The zero-order valence-electron chi connectivity index (χ0n) is 12.4. The van der Waals surface area contributed by atoms with Crippen LogP contribution in [0, 0.1) is 0 Å². The van der Waals surface area contributed by atoms with Crippen molar-refractivity contribution in [3.63, 3.8) is 0 Å². The average molecular weight is 277 g/mol. The molecule has 0 aliphatic heterocycles. The highest BCUT2D eigenvalue weighted by atomic mass is 16.5. The Morgan fingerprint density at radius 1 is 1.15 bits per heavy atom. The van der Waals surface area contributed by atoms with Crippen LogP contribution in [-0.4, -0.2) is 30.9 Å². The molecule has 1 N–H and O–H groups in total. The maximum atomic E-state index is 12.4. The van der Waals surface area contributed by atoms with Gasteiger partial charge in [-0.25, -0.2) is 0 Å². The molecular weight excluding hydrogens is 254 g/mol. The highest BCUT2D eigenvalue weighted by Gasteiger charge is 2.22. The van der Waals surface area contributed by atoms with Gasteiger partial charge in [0.2, 0.25) is 0 Å². The second kappa shape index (κ2) is 8.48. The second-order valence-electron chi connectivity index (χ2n) is 4.53. The molecule has 0 aromatic heterocycles. The molecular formula is C16H23NO3. The van der Waals surface area contributed by atoms with Gasteiger partial charge in [0.05, 0.1) is 19.1 Å². The van der Waals surface area contributed by atoms with E-state index >= 15 is 0 Å². The van der Waals surface area contributed by atoms with Gasteiger partial charge < -0.3 is 10.1 Å². The van der Waals surface area contributed by atoms with Crippen LogP contribution in [0.1, 0.15) is 43.1 Å². The van der Waals surface area contributed by atoms with Crippen molar-refractivity contribution < 1.29 is 14.3 Å². The van der Waals surface area contributed by atoms with E-state index in [1.807, 2.05) is 31.2 Å². The van der Waals surface area contributed by atoms with Gasteiger partial charge in [0, 0.05) is 5.56 Å². The van der Waals surface area contributed by atoms with Gasteiger partial charge in [0.25, 0.3) is 0 Å². The Kier molecular flexibility index (Phi) is 6.94. The number of nitrogens with one attached hydrogen (secondary N) is 1. The Morgan fingerprint density at radius 2 is 1.80 bits per heavy atom. The van der Waals surface area contributed by atoms with Crippen LogP contribution in [-0.2, 0) is 16.0 Å². The number of ether oxygens (including phenoxy) is 1. The van der Waals surface area contributed by atoms with Gasteiger partial charge in [0.1, 0.15) is 0 Å². The molecule has 0 fully saturated rings. The molecule has 0 amide bonds. The fraction of sp³-hybridized carbons (Fsp3) is 0.500. The van der Waals surface area contributed by atoms with Gasteiger partial charge in [-0.3, -0.25) is 9.59 Å². The summed E-state index contributed by atoms with van der Waals surface area (Å²) >= 11 is 0. The first-order chi connectivity index (χ1) is 9.62. The molecule has 1 atom stereocenters. The monoisotopic (exact) mass is 277 g/mol. The predicted molar refractivity (Wildman–Crippen MR) is 78.9 cm³/mol. The number of hydrogen-bond donors (Lipinski definition) is 1. The van der Waals surface area contributed by atoms with Crippen LogP contribution < -0.4 is 5.32 Å². The van der Waals surface area contributed by atoms with Gasteiger partial charge in [0.15, 0.2) is 5.78 Å². The van der Waals surface area contributed by atoms with Gasteiger partial charge in [-0.05, 0) is 25.5 Å². The molecule has 0 bridgehead atoms. The molecule has 0 saturated carbocycles. The lowest BCUT2D eigenvalue weighted by molar-refractivity contribution is -0.143. The normalized spacial score (nSPS) is 11.9. The number of hydrogen-bond acceptors (Lipinski definition) is 4. The maximum absolute atomic E-state index is 12.4. The van der Waals surface area contributed by atoms with E-state index in [1.54, 1.807) is 6.92 Å². The summed E-state index contributed by atoms with van der Waals surface area (Å²) in [5.74, 6) is -0.417. The molecule has 0 aliphatic rings. The molecule has 1 unspecified atom stereocenters. The second-order valence-corrected chi connectivity index (χ2v) is 4.53. The van der Waals surface area contributed by atoms with Crippen LogP contribution in [0.4, 0.5) is 0 Å². The molecule has 20 heavy (non-hydrogen) atoms. The summed E-state index contributed by atoms with van der Waals surface area (Å²) in [7, 11) is 0. The van der Waals surface area contributed by atoms with E-state index in [4.69, 9.17) is 4.74 Å². The number of benzene rings is 1. The Labute approximate surface area is 120 Å². The quantitative estimate of drug-likeness (QED) is 0.585. The van der Waals surface area contributed by atoms with Crippen molar-refractivity contribution in [3.05, 3.63) is 35.4 Å². The van der Waals surface area contributed by atoms with Crippen molar-refractivity contribution in [3.8, 4) is 0 Å². The molecule has 4 nitrogen and oxygen atoms in total. The van der Waals surface area contributed by atoms with Gasteiger partial charge in [-0.2, -0.15) is 0 Å². The summed E-state index contributed by atoms with van der Waals surface area (Å²) in [6, 6.07) is 7.00. The van der Waals surface area contributed by atoms with Crippen molar-refractivity contribution >= 4 is 11.8 Å². The molecule has 110 valence electrons. The number of aryl methyl sites for hydroxylation is 1. The fourth-order valence-electron chi connectivity index (χ4n) is 2.00. The minimum Gasteiger partial charge on any atom is -0.466 e. The molecule has 0 radical (unpaired) electrons. The van der Waals surface area contributed by atoms with E-state index in [0.29, 0.717) is 18.7 Å². The Balaban J connectivity index is 2.78. The topological polar surface area (TPSA) is 55.4 Å². The van der Waals surface area contributed by atoms with Crippen LogP contribution in [0.5, 0.6) is 0 Å². The number of rotatable bonds is 8. The molecule has 1 aromatic carbocycles. The average Bonchev–Trinajstić information content (AvgIpc) is 2.46. The first-order valence-electron chi connectivity index (χ1n) is 7.14. The standard InChI is InChI=1S/C16H23NO3/c1-4-12-7-9-13(10-8-12)16(19)14(17-5-2)11-15(18)20-6-3/h7-10,14,17H,4-6,11H2,1-3H3. The van der Waals surface area contributed by atoms with E-state index in [1.165, 1.54) is 5.56 Å². The SMILES string of the molecule is CCNC(CC(=O)OCC)C(=O)c1ccc(CC)cc1. The first-order valence-corrected chi connectivity index (χ1v) is 7.14. The van der Waals surface area contributed by atoms with Gasteiger partial charge >= 0.3 is 5.97 Å². The van der Waals surface area contributed by atoms with E-state index in [2.05, 4.69) is 12.2 Å². The molecule has 1 rings (SSSR count). The number of Topliss-reactive ketones (excluding diaryl/α,β-unsaturated/α-hetero) is 1. The largest absolute Gasteiger partial charge is 0.466 e. The minimum atomic E-state index is -0.522. The predicted octanol–water partition coefficient (Wildman–Crippen LogP) is 2.36. The third-order valence-electron chi connectivity index (χ3n) is 3.09. The van der Waals surface area contributed by atoms with E-state index < -0.39 is 6.04 Å². The highest BCUT2D eigenvalue weighted by molar-refractivity contribution is 6.01. The van der Waals surface area contributed by atoms with Crippen LogP contribution in [0.3, 0.4) is 0 Å². The van der Waals surface area contributed by atoms with E-state index in [9.17, 15) is 9.59 Å². The molecule has 1 aromatic rings. The van der Waals surface area contributed by atoms with Crippen molar-refractivity contribution in [1.82, 2.24) is 5.32 Å². The van der Waals surface area contributed by atoms with Crippen molar-refractivity contribution in [2.75, 3.05) is 13.2 Å². The summed E-state index contributed by atoms with van der Waals surface area (Å²) in [6.45, 7) is 6.69. The van der Waals surface area contributed by atoms with Gasteiger partial charge in [-0.15, -0.1) is 0 Å². The number of likely N-dealkylation sites (N-methyl/N-ethyl adjacent to an activating group) is 1. The first kappa shape index (κ1) is 16.4. The van der Waals surface area contributed by atoms with Crippen molar-refractivity contribution in [1.29, 1.82) is 0 Å². The zero-order valence-corrected chi connectivity index (χ0v) is 12.4. The summed E-state index contributed by atoms with van der Waals surface area (Å²) in [5.41, 5.74) is 1.81. The lowest BCUT2D eigenvalue weighted by Gasteiger charge is -2.16. The van der Waals surface area contributed by atoms with E-state index in [0.717, 1.165) is 6.42 Å². The summed E-state index contributed by atoms with van der Waals surface area (Å²) in [4.78, 5) is 24.0. The highest BCUT2D eigenvalue weighted by Crippen LogP contribution is 2.10. The summed E-state index contributed by atoms with van der Waals surface area (Å²) in [6.07, 6.45) is 1.00.